The van der Waals surface area contributed by atoms with E-state index in [9.17, 15) is 0 Å². The lowest BCUT2D eigenvalue weighted by Gasteiger charge is -2.25. The number of anilines is 4. The van der Waals surface area contributed by atoms with Crippen molar-refractivity contribution in [1.82, 2.24) is 4.98 Å². The molecule has 0 unspecified atom stereocenters. The van der Waals surface area contributed by atoms with Gasteiger partial charge in [0.1, 0.15) is 0 Å². The maximum absolute atomic E-state index is 4.54. The van der Waals surface area contributed by atoms with E-state index in [4.69, 9.17) is 0 Å². The lowest BCUT2D eigenvalue weighted by Crippen LogP contribution is -2.09. The average molecular weight is 421 g/mol. The lowest BCUT2D eigenvalue weighted by atomic mass is 10.1. The van der Waals surface area contributed by atoms with Gasteiger partial charge in [0, 0.05) is 17.1 Å². The fraction of sp³-hybridized carbons (Fsp3) is 0. The smallest absolute Gasteiger partial charge is 0.204 e. The van der Waals surface area contributed by atoms with Crippen LogP contribution in [0.15, 0.2) is 114 Å². The number of hydrogen-bond acceptors (Lipinski definition) is 5. The highest BCUT2D eigenvalue weighted by Crippen LogP contribution is 2.34. The second kappa shape index (κ2) is 8.81. The van der Waals surface area contributed by atoms with Gasteiger partial charge < -0.3 is 4.90 Å². The van der Waals surface area contributed by atoms with E-state index in [1.54, 1.807) is 11.3 Å². The van der Waals surface area contributed by atoms with E-state index in [1.807, 2.05) is 36.5 Å². The summed E-state index contributed by atoms with van der Waals surface area (Å²) in [5.41, 5.74) is 8.36. The van der Waals surface area contributed by atoms with Gasteiger partial charge in [-0.05, 0) is 54.1 Å². The Hall–Kier alpha value is -3.96. The molecule has 5 heteroatoms. The zero-order valence-corrected chi connectivity index (χ0v) is 17.5. The third-order valence-electron chi connectivity index (χ3n) is 4.85. The minimum Gasteiger partial charge on any atom is -0.311 e. The summed E-state index contributed by atoms with van der Waals surface area (Å²) < 4.78 is 1.14. The van der Waals surface area contributed by atoms with Crippen molar-refractivity contribution >= 4 is 50.0 Å². The molecular weight excluding hydrogens is 400 g/mol. The molecule has 0 aliphatic rings. The fourth-order valence-corrected chi connectivity index (χ4v) is 4.21. The van der Waals surface area contributed by atoms with Crippen molar-refractivity contribution in [2.75, 3.05) is 10.3 Å². The number of hydrazone groups is 1. The molecule has 0 bridgehead atoms. The SMILES string of the molecule is C(=N\Nc1nc2ccccc2s1)/c1ccc(N(c2ccccc2)c2ccccc2)cc1. The second-order valence-corrected chi connectivity index (χ2v) is 7.99. The first-order valence-electron chi connectivity index (χ1n) is 10.0. The molecule has 150 valence electrons. The zero-order valence-electron chi connectivity index (χ0n) is 16.7. The van der Waals surface area contributed by atoms with Crippen molar-refractivity contribution in [3.63, 3.8) is 0 Å². The predicted octanol–water partition coefficient (Wildman–Crippen LogP) is 7.21. The van der Waals surface area contributed by atoms with E-state index < -0.39 is 0 Å². The van der Waals surface area contributed by atoms with Gasteiger partial charge in [0.05, 0.1) is 16.4 Å². The van der Waals surface area contributed by atoms with E-state index in [-0.39, 0.29) is 0 Å². The molecule has 4 aromatic carbocycles. The zero-order chi connectivity index (χ0) is 20.9. The van der Waals surface area contributed by atoms with Gasteiger partial charge in [-0.3, -0.25) is 5.43 Å². The summed E-state index contributed by atoms with van der Waals surface area (Å²) in [5, 5.41) is 5.14. The summed E-state index contributed by atoms with van der Waals surface area (Å²) in [6.07, 6.45) is 1.81. The van der Waals surface area contributed by atoms with Crippen LogP contribution in [0.4, 0.5) is 22.2 Å². The van der Waals surface area contributed by atoms with Crippen LogP contribution in [0.5, 0.6) is 0 Å². The number of hydrogen-bond donors (Lipinski definition) is 1. The summed E-state index contributed by atoms with van der Waals surface area (Å²) in [7, 11) is 0. The maximum atomic E-state index is 4.54. The third kappa shape index (κ3) is 4.32. The molecule has 4 nitrogen and oxygen atoms in total. The first-order valence-corrected chi connectivity index (χ1v) is 10.8. The van der Waals surface area contributed by atoms with Gasteiger partial charge >= 0.3 is 0 Å². The number of nitrogens with zero attached hydrogens (tertiary/aromatic N) is 3. The van der Waals surface area contributed by atoms with Gasteiger partial charge in [0.2, 0.25) is 5.13 Å². The van der Waals surface area contributed by atoms with E-state index in [1.165, 1.54) is 0 Å². The minimum absolute atomic E-state index is 0.786. The Morgan fingerprint density at radius 3 is 1.90 bits per heavy atom. The Labute approximate surface area is 185 Å². The van der Waals surface area contributed by atoms with Crippen LogP contribution in [0.25, 0.3) is 10.2 Å². The summed E-state index contributed by atoms with van der Waals surface area (Å²) in [5.74, 6) is 0. The van der Waals surface area contributed by atoms with Crippen molar-refractivity contribution in [2.24, 2.45) is 5.10 Å². The highest BCUT2D eigenvalue weighted by molar-refractivity contribution is 7.22. The summed E-state index contributed by atoms with van der Waals surface area (Å²) in [4.78, 5) is 6.77. The number of aromatic nitrogens is 1. The fourth-order valence-electron chi connectivity index (χ4n) is 3.39. The van der Waals surface area contributed by atoms with Crippen LogP contribution in [-0.2, 0) is 0 Å². The van der Waals surface area contributed by atoms with Crippen LogP contribution in [-0.4, -0.2) is 11.2 Å². The van der Waals surface area contributed by atoms with Crippen LogP contribution < -0.4 is 10.3 Å². The molecule has 0 saturated heterocycles. The Morgan fingerprint density at radius 2 is 1.26 bits per heavy atom. The molecule has 0 spiro atoms. The Morgan fingerprint density at radius 1 is 0.677 bits per heavy atom. The van der Waals surface area contributed by atoms with Gasteiger partial charge in [-0.15, -0.1) is 0 Å². The first kappa shape index (κ1) is 19.0. The molecule has 0 amide bonds. The number of rotatable bonds is 6. The number of nitrogens with one attached hydrogen (secondary N) is 1. The molecule has 0 fully saturated rings. The number of para-hydroxylation sites is 3. The van der Waals surface area contributed by atoms with Gasteiger partial charge in [-0.25, -0.2) is 4.98 Å². The third-order valence-corrected chi connectivity index (χ3v) is 5.79. The summed E-state index contributed by atoms with van der Waals surface area (Å²) in [6.45, 7) is 0. The maximum Gasteiger partial charge on any atom is 0.204 e. The Kier molecular flexibility index (Phi) is 5.41. The first-order chi connectivity index (χ1) is 15.4. The molecular formula is C26H20N4S. The Bertz CT molecular complexity index is 1220. The van der Waals surface area contributed by atoms with Gasteiger partial charge in [0.25, 0.3) is 0 Å². The molecule has 0 saturated carbocycles. The molecule has 5 aromatic rings. The topological polar surface area (TPSA) is 40.5 Å². The molecule has 31 heavy (non-hydrogen) atoms. The van der Waals surface area contributed by atoms with Crippen LogP contribution >= 0.6 is 11.3 Å². The molecule has 0 atom stereocenters. The van der Waals surface area contributed by atoms with E-state index >= 15 is 0 Å². The van der Waals surface area contributed by atoms with Crippen LogP contribution in [0.3, 0.4) is 0 Å². The molecule has 0 radical (unpaired) electrons. The molecule has 1 N–H and O–H groups in total. The summed E-state index contributed by atoms with van der Waals surface area (Å²) in [6, 6.07) is 37.2. The predicted molar refractivity (Wildman–Crippen MR) is 132 cm³/mol. The van der Waals surface area contributed by atoms with Crippen LogP contribution in [0, 0.1) is 0 Å². The summed E-state index contributed by atoms with van der Waals surface area (Å²) >= 11 is 1.59. The molecule has 0 aliphatic carbocycles. The van der Waals surface area contributed by atoms with Gasteiger partial charge in [0.15, 0.2) is 0 Å². The van der Waals surface area contributed by atoms with Crippen LogP contribution in [0.2, 0.25) is 0 Å². The van der Waals surface area contributed by atoms with Crippen molar-refractivity contribution in [3.05, 3.63) is 115 Å². The van der Waals surface area contributed by atoms with Crippen molar-refractivity contribution in [3.8, 4) is 0 Å². The highest BCUT2D eigenvalue weighted by atomic mass is 32.1. The largest absolute Gasteiger partial charge is 0.311 e. The van der Waals surface area contributed by atoms with E-state index in [0.29, 0.717) is 0 Å². The van der Waals surface area contributed by atoms with E-state index in [0.717, 1.165) is 38.0 Å². The van der Waals surface area contributed by atoms with Gasteiger partial charge in [-0.2, -0.15) is 5.10 Å². The van der Waals surface area contributed by atoms with Crippen molar-refractivity contribution in [2.45, 2.75) is 0 Å². The molecule has 1 heterocycles. The van der Waals surface area contributed by atoms with Crippen LogP contribution in [0.1, 0.15) is 5.56 Å². The van der Waals surface area contributed by atoms with Crippen molar-refractivity contribution < 1.29 is 0 Å². The quantitative estimate of drug-likeness (QED) is 0.233. The second-order valence-electron chi connectivity index (χ2n) is 6.95. The molecule has 0 aliphatic heterocycles. The highest BCUT2D eigenvalue weighted by Gasteiger charge is 2.11. The molecule has 1 aromatic heterocycles. The number of benzene rings is 4. The average Bonchev–Trinajstić information content (AvgIpc) is 3.25. The number of fused-ring (bicyclic) bond motifs is 1. The van der Waals surface area contributed by atoms with Crippen molar-refractivity contribution in [1.29, 1.82) is 0 Å². The standard InChI is InChI=1S/C26H20N4S/c1-3-9-21(10-4-1)30(22-11-5-2-6-12-22)23-17-15-20(16-18-23)19-27-29-26-28-24-13-7-8-14-25(24)31-26/h1-19H,(H,28,29)/b27-19+. The Balaban J connectivity index is 1.36. The number of thiazole rings is 1. The normalized spacial score (nSPS) is 11.1. The van der Waals surface area contributed by atoms with E-state index in [2.05, 4.69) is 99.3 Å². The molecule has 5 rings (SSSR count). The lowest BCUT2D eigenvalue weighted by molar-refractivity contribution is 1.28. The minimum atomic E-state index is 0.786. The monoisotopic (exact) mass is 420 g/mol. The van der Waals surface area contributed by atoms with Gasteiger partial charge in [-0.1, -0.05) is 72.0 Å².